The molecule has 2 aromatic rings. The normalized spacial score (nSPS) is 24.4. The number of fused-ring (bicyclic) bond motifs is 1. The molecule has 2 aliphatic rings. The Kier molecular flexibility index (Phi) is 11.3. The summed E-state index contributed by atoms with van der Waals surface area (Å²) in [7, 11) is 0. The number of ether oxygens (including phenoxy) is 1. The number of aliphatic hydroxyl groups excluding tert-OH is 1. The summed E-state index contributed by atoms with van der Waals surface area (Å²) in [5.41, 5.74) is 5.61. The van der Waals surface area contributed by atoms with Crippen LogP contribution in [0.2, 0.25) is 0 Å². The fraction of sp³-hybridized carbons (Fsp3) is 0.679. The molecule has 200 valence electrons. The van der Waals surface area contributed by atoms with Crippen LogP contribution in [0.3, 0.4) is 0 Å². The van der Waals surface area contributed by atoms with E-state index in [9.17, 15) is 9.90 Å². The van der Waals surface area contributed by atoms with Gasteiger partial charge in [-0.05, 0) is 101 Å². The van der Waals surface area contributed by atoms with Crippen molar-refractivity contribution in [3.8, 4) is 0 Å². The standard InChI is InChI=1S/C28H41ClN2O3S2/c29-15-1-3-20(19-32)5-7-22-10-12-27(36-22)25-14-18-31-17-2-4-21(28(31)34-25)6-8-23-9-11-26(35-23)24(33)13-16-30/h9-12,19-21,24-25,28,33H,1-8,13-18,30H2/t20?,21-,24-,25-,28-/m1/s1. The molecule has 0 aromatic carbocycles. The van der Waals surface area contributed by atoms with Crippen molar-refractivity contribution in [3.05, 3.63) is 43.8 Å². The second kappa shape index (κ2) is 14.4. The Morgan fingerprint density at radius 3 is 2.75 bits per heavy atom. The van der Waals surface area contributed by atoms with Crippen LogP contribution in [-0.2, 0) is 22.4 Å². The molecule has 2 aromatic heterocycles. The largest absolute Gasteiger partial charge is 0.388 e. The number of hydrogen-bond acceptors (Lipinski definition) is 7. The predicted octanol–water partition coefficient (Wildman–Crippen LogP) is 6.09. The Labute approximate surface area is 229 Å². The van der Waals surface area contributed by atoms with Crippen molar-refractivity contribution in [2.75, 3.05) is 25.5 Å². The first-order valence-corrected chi connectivity index (χ1v) is 15.7. The van der Waals surface area contributed by atoms with E-state index in [1.807, 2.05) is 11.3 Å². The van der Waals surface area contributed by atoms with Gasteiger partial charge in [-0.3, -0.25) is 4.90 Å². The molecular formula is C28H41ClN2O3S2. The molecule has 8 heteroatoms. The van der Waals surface area contributed by atoms with Crippen molar-refractivity contribution in [3.63, 3.8) is 0 Å². The van der Waals surface area contributed by atoms with Gasteiger partial charge in [0.2, 0.25) is 0 Å². The number of thiophene rings is 2. The van der Waals surface area contributed by atoms with Crippen LogP contribution >= 0.6 is 34.3 Å². The summed E-state index contributed by atoms with van der Waals surface area (Å²) in [5.74, 6) is 1.27. The first kappa shape index (κ1) is 28.2. The van der Waals surface area contributed by atoms with Gasteiger partial charge in [-0.25, -0.2) is 0 Å². The van der Waals surface area contributed by atoms with E-state index in [-0.39, 0.29) is 18.2 Å². The maximum Gasteiger partial charge on any atom is 0.123 e. The number of nitrogens with two attached hydrogens (primary N) is 1. The van der Waals surface area contributed by atoms with Gasteiger partial charge < -0.3 is 20.4 Å². The molecule has 4 rings (SSSR count). The van der Waals surface area contributed by atoms with E-state index in [4.69, 9.17) is 22.1 Å². The van der Waals surface area contributed by atoms with Crippen molar-refractivity contribution in [2.45, 2.75) is 82.6 Å². The van der Waals surface area contributed by atoms with Crippen molar-refractivity contribution in [1.82, 2.24) is 4.90 Å². The zero-order valence-corrected chi connectivity index (χ0v) is 23.5. The number of alkyl halides is 1. The SMILES string of the molecule is NCC[C@@H](O)c1ccc(CC[C@H]2CCCN3CC[C@H](c4ccc(CCC(C=O)CCCCl)s4)O[C@H]23)s1. The lowest BCUT2D eigenvalue weighted by Gasteiger charge is -2.46. The maximum absolute atomic E-state index is 11.4. The molecule has 5 atom stereocenters. The van der Waals surface area contributed by atoms with E-state index in [2.05, 4.69) is 29.2 Å². The van der Waals surface area contributed by atoms with Crippen molar-refractivity contribution in [1.29, 1.82) is 0 Å². The molecular weight excluding hydrogens is 512 g/mol. The summed E-state index contributed by atoms with van der Waals surface area (Å²) in [6.45, 7) is 2.73. The molecule has 2 saturated heterocycles. The topological polar surface area (TPSA) is 75.8 Å². The summed E-state index contributed by atoms with van der Waals surface area (Å²) in [6, 6.07) is 8.70. The molecule has 0 saturated carbocycles. The predicted molar refractivity (Wildman–Crippen MR) is 150 cm³/mol. The minimum atomic E-state index is -0.438. The lowest BCUT2D eigenvalue weighted by Crippen LogP contribution is -2.51. The van der Waals surface area contributed by atoms with Crippen LogP contribution < -0.4 is 5.73 Å². The molecule has 2 fully saturated rings. The first-order valence-electron chi connectivity index (χ1n) is 13.6. The van der Waals surface area contributed by atoms with Gasteiger partial charge in [0, 0.05) is 44.4 Å². The Bertz CT molecular complexity index is 936. The monoisotopic (exact) mass is 552 g/mol. The quantitative estimate of drug-likeness (QED) is 0.219. The fourth-order valence-corrected chi connectivity index (χ4v) is 7.86. The highest BCUT2D eigenvalue weighted by Crippen LogP contribution is 2.40. The molecule has 0 aliphatic carbocycles. The van der Waals surface area contributed by atoms with E-state index in [1.54, 1.807) is 11.3 Å². The number of aryl methyl sites for hydroxylation is 2. The zero-order valence-electron chi connectivity index (χ0n) is 21.2. The van der Waals surface area contributed by atoms with E-state index in [0.717, 1.165) is 69.2 Å². The smallest absolute Gasteiger partial charge is 0.123 e. The Morgan fingerprint density at radius 1 is 1.11 bits per heavy atom. The minimum Gasteiger partial charge on any atom is -0.388 e. The average molecular weight is 553 g/mol. The summed E-state index contributed by atoms with van der Waals surface area (Å²) < 4.78 is 6.78. The Balaban J connectivity index is 1.31. The van der Waals surface area contributed by atoms with E-state index in [1.165, 1.54) is 27.5 Å². The third kappa shape index (κ3) is 7.62. The average Bonchev–Trinajstić information content (AvgIpc) is 3.57. The van der Waals surface area contributed by atoms with Gasteiger partial charge in [0.25, 0.3) is 0 Å². The summed E-state index contributed by atoms with van der Waals surface area (Å²) in [6.07, 6.45) is 10.9. The van der Waals surface area contributed by atoms with Gasteiger partial charge in [0.15, 0.2) is 0 Å². The number of piperidine rings is 1. The number of halogens is 1. The van der Waals surface area contributed by atoms with Crippen molar-refractivity contribution in [2.24, 2.45) is 17.6 Å². The van der Waals surface area contributed by atoms with Gasteiger partial charge in [0.05, 0.1) is 12.2 Å². The highest BCUT2D eigenvalue weighted by Gasteiger charge is 2.38. The van der Waals surface area contributed by atoms with E-state index >= 15 is 0 Å². The summed E-state index contributed by atoms with van der Waals surface area (Å²) in [4.78, 5) is 19.0. The van der Waals surface area contributed by atoms with Crippen LogP contribution in [0.15, 0.2) is 24.3 Å². The molecule has 0 bridgehead atoms. The summed E-state index contributed by atoms with van der Waals surface area (Å²) >= 11 is 9.38. The first-order chi connectivity index (χ1) is 17.6. The number of nitrogens with zero attached hydrogens (tertiary/aromatic N) is 1. The Hall–Kier alpha value is -0.800. The summed E-state index contributed by atoms with van der Waals surface area (Å²) in [5, 5.41) is 10.2. The molecule has 3 N–H and O–H groups in total. The molecule has 36 heavy (non-hydrogen) atoms. The van der Waals surface area contributed by atoms with Crippen LogP contribution in [0.5, 0.6) is 0 Å². The van der Waals surface area contributed by atoms with Gasteiger partial charge in [-0.15, -0.1) is 34.3 Å². The highest BCUT2D eigenvalue weighted by molar-refractivity contribution is 7.12. The molecule has 5 nitrogen and oxygen atoms in total. The lowest BCUT2D eigenvalue weighted by atomic mass is 9.89. The molecule has 4 heterocycles. The number of hydrogen-bond donors (Lipinski definition) is 2. The molecule has 2 aliphatic heterocycles. The number of rotatable bonds is 14. The van der Waals surface area contributed by atoms with Gasteiger partial charge in [0.1, 0.15) is 12.5 Å². The maximum atomic E-state index is 11.4. The molecule has 0 spiro atoms. The van der Waals surface area contributed by atoms with E-state index < -0.39 is 6.10 Å². The van der Waals surface area contributed by atoms with Crippen LogP contribution in [0, 0.1) is 11.8 Å². The molecule has 0 amide bonds. The number of carbonyl (C=O) groups is 1. The fourth-order valence-electron chi connectivity index (χ4n) is 5.56. The van der Waals surface area contributed by atoms with Gasteiger partial charge >= 0.3 is 0 Å². The second-order valence-electron chi connectivity index (χ2n) is 10.2. The van der Waals surface area contributed by atoms with Crippen molar-refractivity contribution >= 4 is 40.6 Å². The second-order valence-corrected chi connectivity index (χ2v) is 13.0. The van der Waals surface area contributed by atoms with Gasteiger partial charge in [-0.1, -0.05) is 0 Å². The van der Waals surface area contributed by atoms with Gasteiger partial charge in [-0.2, -0.15) is 0 Å². The number of carbonyl (C=O) groups excluding carboxylic acids is 1. The van der Waals surface area contributed by atoms with Crippen LogP contribution in [0.25, 0.3) is 0 Å². The highest BCUT2D eigenvalue weighted by atomic mass is 35.5. The van der Waals surface area contributed by atoms with E-state index in [0.29, 0.717) is 24.8 Å². The Morgan fingerprint density at radius 2 is 1.94 bits per heavy atom. The lowest BCUT2D eigenvalue weighted by molar-refractivity contribution is -0.181. The third-order valence-corrected chi connectivity index (χ3v) is 10.4. The van der Waals surface area contributed by atoms with Crippen LogP contribution in [0.1, 0.15) is 83.1 Å². The number of aldehydes is 1. The molecule has 0 radical (unpaired) electrons. The van der Waals surface area contributed by atoms with Crippen LogP contribution in [0.4, 0.5) is 0 Å². The van der Waals surface area contributed by atoms with Crippen molar-refractivity contribution < 1.29 is 14.6 Å². The minimum absolute atomic E-state index is 0.111. The number of aliphatic hydroxyl groups is 1. The molecule has 1 unspecified atom stereocenters. The third-order valence-electron chi connectivity index (χ3n) is 7.64. The zero-order chi connectivity index (χ0) is 25.3. The van der Waals surface area contributed by atoms with Crippen LogP contribution in [-0.4, -0.2) is 48.0 Å².